The fourth-order valence-corrected chi connectivity index (χ4v) is 9.13. The molecule has 470 valence electrons. The summed E-state index contributed by atoms with van der Waals surface area (Å²) >= 11 is 0. The van der Waals surface area contributed by atoms with Crippen molar-refractivity contribution in [3.63, 3.8) is 0 Å². The van der Waals surface area contributed by atoms with Crippen LogP contribution in [0.5, 0.6) is 0 Å². The molecule has 0 aliphatic carbocycles. The van der Waals surface area contributed by atoms with Gasteiger partial charge in [0.05, 0.1) is 25.7 Å². The Balaban J connectivity index is 3.98. The molecule has 1 saturated heterocycles. The van der Waals surface area contributed by atoms with Gasteiger partial charge in [0.15, 0.2) is 0 Å². The van der Waals surface area contributed by atoms with Crippen molar-refractivity contribution in [3.05, 3.63) is 0 Å². The Bertz CT molecular complexity index is 2080. The topological polar surface area (TPSA) is 386 Å². The van der Waals surface area contributed by atoms with E-state index in [4.69, 9.17) is 4.74 Å². The van der Waals surface area contributed by atoms with E-state index in [9.17, 15) is 73.2 Å². The molecule has 25 heteroatoms. The van der Waals surface area contributed by atoms with Crippen LogP contribution in [0.15, 0.2) is 0 Å². The van der Waals surface area contributed by atoms with Crippen molar-refractivity contribution in [3.8, 4) is 0 Å². The number of rotatable bonds is 30. The number of cyclic esters (lactones) is 1. The summed E-state index contributed by atoms with van der Waals surface area (Å²) in [5.41, 5.74) is 0. The largest absolute Gasteiger partial charge is 0.481 e. The normalized spacial score (nSPS) is 23.9. The van der Waals surface area contributed by atoms with E-state index in [1.807, 2.05) is 0 Å². The quantitative estimate of drug-likeness (QED) is 0.0356. The molecule has 1 aliphatic rings. The number of carboxylic acids is 1. The van der Waals surface area contributed by atoms with Crippen LogP contribution in [0.3, 0.4) is 0 Å². The number of amides is 9. The first-order chi connectivity index (χ1) is 38.5. The van der Waals surface area contributed by atoms with E-state index >= 15 is 0 Å². The number of carboxylic acid groups (broad SMARTS) is 1. The number of aliphatic hydroxyl groups excluding tert-OH is 3. The molecule has 0 spiro atoms. The highest BCUT2D eigenvalue weighted by atomic mass is 16.5. The predicted octanol–water partition coefficient (Wildman–Crippen LogP) is 1.27. The Morgan fingerprint density at radius 1 is 0.549 bits per heavy atom. The molecule has 0 bridgehead atoms. The van der Waals surface area contributed by atoms with Crippen molar-refractivity contribution in [2.45, 2.75) is 252 Å². The van der Waals surface area contributed by atoms with Crippen LogP contribution in [0, 0.1) is 29.6 Å². The highest BCUT2D eigenvalue weighted by Gasteiger charge is 2.41. The first-order valence-electron chi connectivity index (χ1n) is 29.6. The Kier molecular flexibility index (Phi) is 35.0. The number of aliphatic carboxylic acids is 1. The van der Waals surface area contributed by atoms with Crippen LogP contribution < -0.4 is 47.9 Å². The average Bonchev–Trinajstić information content (AvgIpc) is 3.58. The number of carbonyl (C=O) groups excluding carboxylic acids is 10. The molecule has 9 amide bonds. The van der Waals surface area contributed by atoms with Crippen LogP contribution in [0.1, 0.15) is 186 Å². The lowest BCUT2D eigenvalue weighted by Gasteiger charge is -2.32. The lowest BCUT2D eigenvalue weighted by atomic mass is 9.96. The second-order valence-electron chi connectivity index (χ2n) is 23.3. The maximum Gasteiger partial charge on any atom is 0.329 e. The number of ether oxygens (including phenoxy) is 1. The number of aliphatic hydroxyl groups is 3. The van der Waals surface area contributed by atoms with E-state index in [1.54, 1.807) is 69.2 Å². The van der Waals surface area contributed by atoms with Crippen molar-refractivity contribution in [2.75, 3.05) is 13.2 Å². The van der Waals surface area contributed by atoms with E-state index in [0.717, 1.165) is 38.5 Å². The monoisotopic (exact) mass is 1170 g/mol. The van der Waals surface area contributed by atoms with Crippen molar-refractivity contribution >= 4 is 65.1 Å². The standard InChI is InChI=1S/C57H101N9O16/c1-13-16-17-18-19-20-21-22-37(69)28-44(70)58-39(25-31(4)5)50(74)59-38(23-24-45(71)72)49(73)66-48-36(12)82-57(81)47(35(11)15-3)65-54(78)43(30-68)63-51(75)40(26-32(6)7)60-53(77)42(29-67)62-52(76)41(27-33(8)9)61-55(79)46(34(10)14-2)64-56(48)80/h31-43,46-48,67-69H,13-30H2,1-12H3,(H,58,70)(H,59,74)(H,60,77)(H,61,79)(H,62,76)(H,63,75)(H,64,80)(H,65,78)(H,66,73)(H,71,72)/t34-,35-,36+,37-,38+,39-,40-,41-,42+,43+,46+,47-,48+/m0/s1. The predicted molar refractivity (Wildman–Crippen MR) is 304 cm³/mol. The van der Waals surface area contributed by atoms with E-state index in [-0.39, 0.29) is 56.3 Å². The summed E-state index contributed by atoms with van der Waals surface area (Å²) in [4.78, 5) is 153. The van der Waals surface area contributed by atoms with E-state index < -0.39 is 170 Å². The van der Waals surface area contributed by atoms with Crippen LogP contribution >= 0.6 is 0 Å². The summed E-state index contributed by atoms with van der Waals surface area (Å²) in [6, 6.07) is -14.1. The molecule has 0 aromatic carbocycles. The van der Waals surface area contributed by atoms with Gasteiger partial charge in [0.2, 0.25) is 53.2 Å². The third kappa shape index (κ3) is 27.4. The van der Waals surface area contributed by atoms with Gasteiger partial charge in [-0.25, -0.2) is 4.79 Å². The Hall–Kier alpha value is -5.95. The molecular formula is C57H101N9O16. The molecule has 25 nitrogen and oxygen atoms in total. The van der Waals surface area contributed by atoms with Crippen LogP contribution in [0.4, 0.5) is 0 Å². The van der Waals surface area contributed by atoms with Crippen LogP contribution in [-0.4, -0.2) is 165 Å². The number of esters is 1. The minimum absolute atomic E-state index is 0.00953. The zero-order chi connectivity index (χ0) is 62.4. The molecule has 82 heavy (non-hydrogen) atoms. The zero-order valence-electron chi connectivity index (χ0n) is 50.7. The van der Waals surface area contributed by atoms with Crippen LogP contribution in [-0.2, 0) is 57.5 Å². The molecule has 1 rings (SSSR count). The molecule has 0 aromatic heterocycles. The number of carbonyl (C=O) groups is 11. The van der Waals surface area contributed by atoms with Gasteiger partial charge in [-0.2, -0.15) is 0 Å². The molecular weight excluding hydrogens is 1070 g/mol. The van der Waals surface area contributed by atoms with Crippen molar-refractivity contribution in [2.24, 2.45) is 29.6 Å². The van der Waals surface area contributed by atoms with Crippen molar-refractivity contribution < 1.29 is 77.9 Å². The molecule has 13 N–H and O–H groups in total. The van der Waals surface area contributed by atoms with Gasteiger partial charge >= 0.3 is 11.9 Å². The molecule has 1 fully saturated rings. The number of unbranched alkanes of at least 4 members (excludes halogenated alkanes) is 6. The first-order valence-corrected chi connectivity index (χ1v) is 29.6. The van der Waals surface area contributed by atoms with Crippen molar-refractivity contribution in [1.82, 2.24) is 47.9 Å². The van der Waals surface area contributed by atoms with E-state index in [1.165, 1.54) is 6.92 Å². The molecule has 0 unspecified atom stereocenters. The van der Waals surface area contributed by atoms with Gasteiger partial charge < -0.3 is 73.0 Å². The smallest absolute Gasteiger partial charge is 0.329 e. The van der Waals surface area contributed by atoms with Gasteiger partial charge in [-0.1, -0.05) is 134 Å². The summed E-state index contributed by atoms with van der Waals surface area (Å²) in [7, 11) is 0. The van der Waals surface area contributed by atoms with E-state index in [2.05, 4.69) is 54.8 Å². The average molecular weight is 1170 g/mol. The van der Waals surface area contributed by atoms with Gasteiger partial charge in [-0.3, -0.25) is 47.9 Å². The maximum absolute atomic E-state index is 14.8. The fourth-order valence-electron chi connectivity index (χ4n) is 9.13. The Labute approximate surface area is 484 Å². The SMILES string of the molecule is CCCCCCCCC[C@H](O)CC(=O)N[C@@H](CC(C)C)C(=O)N[C@H](CCC(=O)O)C(=O)N[C@H]1C(=O)N[C@H]([C@@H](C)CC)C(=O)N[C@@H](CC(C)C)C(=O)N[C@H](CO)C(=O)N[C@@H](CC(C)C)C(=O)N[C@H](CO)C(=O)N[C@@H]([C@@H](C)CC)C(=O)O[C@@H]1C. The first kappa shape index (κ1) is 74.1. The van der Waals surface area contributed by atoms with Gasteiger partial charge in [0.25, 0.3) is 0 Å². The third-order valence-corrected chi connectivity index (χ3v) is 14.4. The highest BCUT2D eigenvalue weighted by Crippen LogP contribution is 2.18. The van der Waals surface area contributed by atoms with Gasteiger partial charge in [-0.05, 0) is 68.6 Å². The Morgan fingerprint density at radius 2 is 1.01 bits per heavy atom. The second-order valence-corrected chi connectivity index (χ2v) is 23.3. The molecule has 1 aliphatic heterocycles. The summed E-state index contributed by atoms with van der Waals surface area (Å²) in [6.45, 7) is 18.5. The molecule has 0 radical (unpaired) electrons. The van der Waals surface area contributed by atoms with Crippen LogP contribution in [0.25, 0.3) is 0 Å². The van der Waals surface area contributed by atoms with Gasteiger partial charge in [0.1, 0.15) is 60.5 Å². The van der Waals surface area contributed by atoms with Crippen molar-refractivity contribution in [1.29, 1.82) is 0 Å². The molecule has 1 heterocycles. The summed E-state index contributed by atoms with van der Waals surface area (Å²) in [5.74, 6) is -13.3. The number of nitrogens with one attached hydrogen (secondary N) is 9. The number of hydrogen-bond donors (Lipinski definition) is 13. The van der Waals surface area contributed by atoms with Gasteiger partial charge in [0, 0.05) is 6.42 Å². The zero-order valence-corrected chi connectivity index (χ0v) is 50.7. The lowest BCUT2D eigenvalue weighted by molar-refractivity contribution is -0.158. The fraction of sp³-hybridized carbons (Fsp3) is 0.807. The van der Waals surface area contributed by atoms with Gasteiger partial charge in [-0.15, -0.1) is 0 Å². The minimum Gasteiger partial charge on any atom is -0.481 e. The number of hydrogen-bond acceptors (Lipinski definition) is 15. The molecule has 0 saturated carbocycles. The summed E-state index contributed by atoms with van der Waals surface area (Å²) in [6.07, 6.45) is 3.74. The summed E-state index contributed by atoms with van der Waals surface area (Å²) < 4.78 is 5.85. The molecule has 13 atom stereocenters. The second kappa shape index (κ2) is 38.8. The Morgan fingerprint density at radius 3 is 1.50 bits per heavy atom. The maximum atomic E-state index is 14.8. The highest BCUT2D eigenvalue weighted by molar-refractivity contribution is 5.99. The van der Waals surface area contributed by atoms with E-state index in [0.29, 0.717) is 12.8 Å². The summed E-state index contributed by atoms with van der Waals surface area (Å²) in [5, 5.41) is 63.9. The van der Waals surface area contributed by atoms with Crippen LogP contribution in [0.2, 0.25) is 0 Å². The molecule has 0 aromatic rings. The minimum atomic E-state index is -1.95. The third-order valence-electron chi connectivity index (χ3n) is 14.4. The lowest BCUT2D eigenvalue weighted by Crippen LogP contribution is -2.64.